The Hall–Kier alpha value is -2.36. The van der Waals surface area contributed by atoms with Crippen LogP contribution in [0.25, 0.3) is 0 Å². The van der Waals surface area contributed by atoms with Crippen molar-refractivity contribution < 1.29 is 14.3 Å². The van der Waals surface area contributed by atoms with E-state index in [0.717, 1.165) is 0 Å². The number of para-hydroxylation sites is 2. The number of nitrogens with zero attached hydrogens (tertiary/aromatic N) is 1. The molecule has 0 saturated heterocycles. The van der Waals surface area contributed by atoms with Crippen LogP contribution in [0.3, 0.4) is 0 Å². The molecule has 17 heavy (non-hydrogen) atoms. The molecule has 0 fully saturated rings. The zero-order chi connectivity index (χ0) is 12.1. The maximum atomic E-state index is 10.9. The summed E-state index contributed by atoms with van der Waals surface area (Å²) in [5, 5.41) is 0. The van der Waals surface area contributed by atoms with Crippen LogP contribution in [0.2, 0.25) is 0 Å². The molecule has 2 rings (SSSR count). The SMILES string of the molecule is CC(=O)Oc1ccccc1Oc1ccccn1. The van der Waals surface area contributed by atoms with E-state index >= 15 is 0 Å². The fraction of sp³-hybridized carbons (Fsp3) is 0.0769. The van der Waals surface area contributed by atoms with Gasteiger partial charge in [0, 0.05) is 19.2 Å². The molecule has 2 aromatic rings. The van der Waals surface area contributed by atoms with E-state index < -0.39 is 0 Å². The lowest BCUT2D eigenvalue weighted by Crippen LogP contribution is -2.02. The van der Waals surface area contributed by atoms with Gasteiger partial charge in [-0.2, -0.15) is 0 Å². The molecule has 0 saturated carbocycles. The molecule has 0 radical (unpaired) electrons. The van der Waals surface area contributed by atoms with Gasteiger partial charge in [0.05, 0.1) is 0 Å². The number of hydrogen-bond acceptors (Lipinski definition) is 4. The Morgan fingerprint density at radius 3 is 2.41 bits per heavy atom. The fourth-order valence-electron chi connectivity index (χ4n) is 1.29. The summed E-state index contributed by atoms with van der Waals surface area (Å²) >= 11 is 0. The predicted molar refractivity (Wildman–Crippen MR) is 62.1 cm³/mol. The van der Waals surface area contributed by atoms with E-state index in [0.29, 0.717) is 17.4 Å². The topological polar surface area (TPSA) is 48.4 Å². The van der Waals surface area contributed by atoms with Crippen LogP contribution in [0, 0.1) is 0 Å². The number of carbonyl (C=O) groups excluding carboxylic acids is 1. The molecule has 0 bridgehead atoms. The number of pyridine rings is 1. The minimum atomic E-state index is -0.387. The molecule has 0 amide bonds. The molecule has 1 heterocycles. The molecule has 4 nitrogen and oxygen atoms in total. The lowest BCUT2D eigenvalue weighted by Gasteiger charge is -2.09. The first kappa shape index (κ1) is 11.1. The van der Waals surface area contributed by atoms with Crippen molar-refractivity contribution in [3.05, 3.63) is 48.7 Å². The number of carbonyl (C=O) groups is 1. The number of benzene rings is 1. The van der Waals surface area contributed by atoms with Crippen molar-refractivity contribution in [2.24, 2.45) is 0 Å². The normalized spacial score (nSPS) is 9.71. The number of ether oxygens (including phenoxy) is 2. The van der Waals surface area contributed by atoms with Gasteiger partial charge in [-0.1, -0.05) is 18.2 Å². The first-order chi connectivity index (χ1) is 8.25. The second-order valence-corrected chi connectivity index (χ2v) is 3.31. The maximum absolute atomic E-state index is 10.9. The molecular formula is C13H11NO3. The van der Waals surface area contributed by atoms with Crippen LogP contribution < -0.4 is 9.47 Å². The predicted octanol–water partition coefficient (Wildman–Crippen LogP) is 2.80. The van der Waals surface area contributed by atoms with E-state index in [1.165, 1.54) is 6.92 Å². The Kier molecular flexibility index (Phi) is 3.35. The van der Waals surface area contributed by atoms with E-state index in [4.69, 9.17) is 9.47 Å². The highest BCUT2D eigenvalue weighted by Crippen LogP contribution is 2.30. The van der Waals surface area contributed by atoms with Gasteiger partial charge in [-0.15, -0.1) is 0 Å². The van der Waals surface area contributed by atoms with Crippen molar-refractivity contribution in [1.82, 2.24) is 4.98 Å². The van der Waals surface area contributed by atoms with E-state index in [1.807, 2.05) is 6.07 Å². The van der Waals surface area contributed by atoms with E-state index in [9.17, 15) is 4.79 Å². The lowest BCUT2D eigenvalue weighted by molar-refractivity contribution is -0.131. The van der Waals surface area contributed by atoms with Gasteiger partial charge in [-0.3, -0.25) is 4.79 Å². The van der Waals surface area contributed by atoms with Crippen LogP contribution in [-0.2, 0) is 4.79 Å². The van der Waals surface area contributed by atoms with Gasteiger partial charge in [0.25, 0.3) is 0 Å². The fourth-order valence-corrected chi connectivity index (χ4v) is 1.29. The molecule has 0 N–H and O–H groups in total. The molecule has 0 aliphatic carbocycles. The summed E-state index contributed by atoms with van der Waals surface area (Å²) in [6, 6.07) is 12.3. The first-order valence-electron chi connectivity index (χ1n) is 5.12. The lowest BCUT2D eigenvalue weighted by atomic mass is 10.3. The van der Waals surface area contributed by atoms with Crippen molar-refractivity contribution in [3.63, 3.8) is 0 Å². The van der Waals surface area contributed by atoms with Crippen LogP contribution in [0.15, 0.2) is 48.7 Å². The van der Waals surface area contributed by atoms with Crippen molar-refractivity contribution in [1.29, 1.82) is 0 Å². The second-order valence-electron chi connectivity index (χ2n) is 3.31. The van der Waals surface area contributed by atoms with Crippen molar-refractivity contribution in [3.8, 4) is 17.4 Å². The summed E-state index contributed by atoms with van der Waals surface area (Å²) in [5.74, 6) is 0.904. The van der Waals surface area contributed by atoms with Crippen molar-refractivity contribution >= 4 is 5.97 Å². The third-order valence-electron chi connectivity index (χ3n) is 1.96. The van der Waals surface area contributed by atoms with Gasteiger partial charge in [0.15, 0.2) is 11.5 Å². The Bertz CT molecular complexity index is 511. The second kappa shape index (κ2) is 5.12. The molecule has 0 spiro atoms. The van der Waals surface area contributed by atoms with E-state index in [-0.39, 0.29) is 5.97 Å². The summed E-state index contributed by atoms with van der Waals surface area (Å²) in [6.45, 7) is 1.34. The largest absolute Gasteiger partial charge is 0.435 e. The smallest absolute Gasteiger partial charge is 0.308 e. The van der Waals surface area contributed by atoms with Crippen molar-refractivity contribution in [2.45, 2.75) is 6.92 Å². The molecular weight excluding hydrogens is 218 g/mol. The quantitative estimate of drug-likeness (QED) is 0.599. The Morgan fingerprint density at radius 1 is 1.06 bits per heavy atom. The van der Waals surface area contributed by atoms with Gasteiger partial charge in [-0.25, -0.2) is 4.98 Å². The minimum Gasteiger partial charge on any atom is -0.435 e. The summed E-state index contributed by atoms with van der Waals surface area (Å²) in [7, 11) is 0. The highest BCUT2D eigenvalue weighted by Gasteiger charge is 2.07. The number of esters is 1. The summed E-state index contributed by atoms with van der Waals surface area (Å²) in [5.41, 5.74) is 0. The average molecular weight is 229 g/mol. The summed E-state index contributed by atoms with van der Waals surface area (Å²) < 4.78 is 10.5. The van der Waals surface area contributed by atoms with Gasteiger partial charge in [0.2, 0.25) is 5.88 Å². The molecule has 86 valence electrons. The zero-order valence-electron chi connectivity index (χ0n) is 9.29. The van der Waals surface area contributed by atoms with E-state index in [2.05, 4.69) is 4.98 Å². The van der Waals surface area contributed by atoms with Crippen LogP contribution >= 0.6 is 0 Å². The van der Waals surface area contributed by atoms with Crippen LogP contribution in [-0.4, -0.2) is 11.0 Å². The van der Waals surface area contributed by atoms with Gasteiger partial charge in [0.1, 0.15) is 0 Å². The summed E-state index contributed by atoms with van der Waals surface area (Å²) in [4.78, 5) is 15.0. The highest BCUT2D eigenvalue weighted by molar-refractivity contribution is 5.70. The average Bonchev–Trinajstić information content (AvgIpc) is 2.32. The monoisotopic (exact) mass is 229 g/mol. The van der Waals surface area contributed by atoms with Crippen LogP contribution in [0.4, 0.5) is 0 Å². The molecule has 0 aliphatic heterocycles. The zero-order valence-corrected chi connectivity index (χ0v) is 9.29. The molecule has 0 unspecified atom stereocenters. The van der Waals surface area contributed by atoms with Gasteiger partial charge in [-0.05, 0) is 18.2 Å². The van der Waals surface area contributed by atoms with Crippen molar-refractivity contribution in [2.75, 3.05) is 0 Å². The Labute approximate surface area is 98.8 Å². The molecule has 0 aliphatic rings. The van der Waals surface area contributed by atoms with Gasteiger partial charge < -0.3 is 9.47 Å². The Morgan fingerprint density at radius 2 is 1.76 bits per heavy atom. The third-order valence-corrected chi connectivity index (χ3v) is 1.96. The van der Waals surface area contributed by atoms with Gasteiger partial charge >= 0.3 is 5.97 Å². The molecule has 4 heteroatoms. The number of rotatable bonds is 3. The molecule has 0 atom stereocenters. The summed E-state index contributed by atoms with van der Waals surface area (Å²) in [6.07, 6.45) is 1.63. The molecule has 1 aromatic heterocycles. The highest BCUT2D eigenvalue weighted by atomic mass is 16.6. The Balaban J connectivity index is 2.23. The van der Waals surface area contributed by atoms with E-state index in [1.54, 1.807) is 42.6 Å². The standard InChI is InChI=1S/C13H11NO3/c1-10(15)16-11-6-2-3-7-12(11)17-13-8-4-5-9-14-13/h2-9H,1H3. The first-order valence-corrected chi connectivity index (χ1v) is 5.12. The number of hydrogen-bond donors (Lipinski definition) is 0. The minimum absolute atomic E-state index is 0.380. The maximum Gasteiger partial charge on any atom is 0.308 e. The molecule has 1 aromatic carbocycles. The van der Waals surface area contributed by atoms with Crippen LogP contribution in [0.5, 0.6) is 17.4 Å². The number of aromatic nitrogens is 1. The third kappa shape index (κ3) is 3.04. The van der Waals surface area contributed by atoms with Crippen LogP contribution in [0.1, 0.15) is 6.92 Å².